The number of anilines is 3. The molecule has 0 saturated carbocycles. The number of nitrogens with zero attached hydrogens (tertiary/aromatic N) is 3. The molecule has 0 atom stereocenters. The molecule has 1 fully saturated rings. The summed E-state index contributed by atoms with van der Waals surface area (Å²) in [6.45, 7) is 5.05. The van der Waals surface area contributed by atoms with Crippen molar-refractivity contribution in [2.24, 2.45) is 0 Å². The van der Waals surface area contributed by atoms with Crippen LogP contribution in [-0.4, -0.2) is 61.5 Å². The van der Waals surface area contributed by atoms with E-state index in [0.29, 0.717) is 23.7 Å². The molecule has 144 valence electrons. The number of benzene rings is 1. The molecular weight excluding hydrogens is 366 g/mol. The third-order valence-electron chi connectivity index (χ3n) is 4.22. The van der Waals surface area contributed by atoms with E-state index in [2.05, 4.69) is 25.4 Å². The molecule has 1 aliphatic heterocycles. The van der Waals surface area contributed by atoms with Gasteiger partial charge in [-0.05, 0) is 18.2 Å². The van der Waals surface area contributed by atoms with Crippen molar-refractivity contribution in [1.29, 1.82) is 0 Å². The van der Waals surface area contributed by atoms with Crippen molar-refractivity contribution in [2.45, 2.75) is 6.92 Å². The molecule has 0 aliphatic carbocycles. The number of carbonyl (C=O) groups excluding carboxylic acids is 2. The molecule has 1 aromatic heterocycles. The normalized spacial score (nSPS) is 14.7. The molecule has 2 N–H and O–H groups in total. The first-order valence-electron chi connectivity index (χ1n) is 8.67. The van der Waals surface area contributed by atoms with Crippen LogP contribution in [0.25, 0.3) is 0 Å². The first-order chi connectivity index (χ1) is 13.0. The van der Waals surface area contributed by atoms with E-state index >= 15 is 0 Å². The first-order valence-corrected chi connectivity index (χ1v) is 9.55. The number of thiazole rings is 1. The van der Waals surface area contributed by atoms with Gasteiger partial charge in [0.15, 0.2) is 5.13 Å². The first kappa shape index (κ1) is 19.1. The highest BCUT2D eigenvalue weighted by Crippen LogP contribution is 2.28. The van der Waals surface area contributed by atoms with Crippen LogP contribution >= 0.6 is 11.3 Å². The van der Waals surface area contributed by atoms with Crippen molar-refractivity contribution in [1.82, 2.24) is 9.88 Å². The molecule has 3 rings (SSSR count). The highest BCUT2D eigenvalue weighted by atomic mass is 32.1. The minimum Gasteiger partial charge on any atom is -0.495 e. The lowest BCUT2D eigenvalue weighted by atomic mass is 10.2. The molecule has 0 radical (unpaired) electrons. The largest absolute Gasteiger partial charge is 0.495 e. The quantitative estimate of drug-likeness (QED) is 0.784. The highest BCUT2D eigenvalue weighted by Gasteiger charge is 2.21. The highest BCUT2D eigenvalue weighted by molar-refractivity contribution is 7.13. The maximum Gasteiger partial charge on any atom is 0.238 e. The predicted molar refractivity (Wildman–Crippen MR) is 107 cm³/mol. The third kappa shape index (κ3) is 5.18. The van der Waals surface area contributed by atoms with Crippen LogP contribution in [0.1, 0.15) is 6.92 Å². The van der Waals surface area contributed by atoms with E-state index in [1.807, 2.05) is 11.6 Å². The zero-order valence-electron chi connectivity index (χ0n) is 15.4. The van der Waals surface area contributed by atoms with Crippen molar-refractivity contribution < 1.29 is 14.3 Å². The number of hydrogen-bond donors (Lipinski definition) is 2. The summed E-state index contributed by atoms with van der Waals surface area (Å²) in [5, 5.41) is 8.58. The summed E-state index contributed by atoms with van der Waals surface area (Å²) in [5.41, 5.74) is 1.14. The summed E-state index contributed by atoms with van der Waals surface area (Å²) in [6.07, 6.45) is 1.81. The van der Waals surface area contributed by atoms with Crippen LogP contribution in [0.5, 0.6) is 5.75 Å². The molecule has 0 unspecified atom stereocenters. The second kappa shape index (κ2) is 8.83. The monoisotopic (exact) mass is 389 g/mol. The molecule has 1 saturated heterocycles. The maximum atomic E-state index is 12.5. The van der Waals surface area contributed by atoms with Gasteiger partial charge in [-0.25, -0.2) is 4.98 Å². The fourth-order valence-electron chi connectivity index (χ4n) is 2.95. The van der Waals surface area contributed by atoms with Crippen molar-refractivity contribution in [3.8, 4) is 5.75 Å². The topological polar surface area (TPSA) is 86.8 Å². The summed E-state index contributed by atoms with van der Waals surface area (Å²) in [4.78, 5) is 32.4. The number of ether oxygens (including phenoxy) is 1. The molecule has 1 aliphatic rings. The third-order valence-corrected chi connectivity index (χ3v) is 5.06. The predicted octanol–water partition coefficient (Wildman–Crippen LogP) is 1.87. The Morgan fingerprint density at radius 1 is 1.22 bits per heavy atom. The Labute approximate surface area is 162 Å². The second-order valence-electron chi connectivity index (χ2n) is 6.22. The van der Waals surface area contributed by atoms with E-state index in [1.54, 1.807) is 36.6 Å². The van der Waals surface area contributed by atoms with Crippen molar-refractivity contribution in [3.05, 3.63) is 29.8 Å². The second-order valence-corrected chi connectivity index (χ2v) is 7.10. The van der Waals surface area contributed by atoms with Crippen LogP contribution < -0.4 is 20.3 Å². The summed E-state index contributed by atoms with van der Waals surface area (Å²) in [5.74, 6) is 0.262. The standard InChI is InChI=1S/C18H23N5O3S/c1-13(24)20-14-3-4-16(26-2)15(11-14)21-17(25)12-22-6-8-23(9-7-22)18-19-5-10-27-18/h3-5,10-11H,6-9,12H2,1-2H3,(H,20,24)(H,21,25). The average Bonchev–Trinajstić information content (AvgIpc) is 3.17. The van der Waals surface area contributed by atoms with Gasteiger partial charge in [0, 0.05) is 50.4 Å². The Morgan fingerprint density at radius 3 is 2.63 bits per heavy atom. The molecule has 2 aromatic rings. The van der Waals surface area contributed by atoms with E-state index < -0.39 is 0 Å². The van der Waals surface area contributed by atoms with Crippen LogP contribution in [-0.2, 0) is 9.59 Å². The number of hydrogen-bond acceptors (Lipinski definition) is 7. The van der Waals surface area contributed by atoms with Gasteiger partial charge >= 0.3 is 0 Å². The number of methoxy groups -OCH3 is 1. The minimum atomic E-state index is -0.171. The zero-order valence-corrected chi connectivity index (χ0v) is 16.2. The number of piperazine rings is 1. The zero-order chi connectivity index (χ0) is 19.2. The summed E-state index contributed by atoms with van der Waals surface area (Å²) in [7, 11) is 1.54. The van der Waals surface area contributed by atoms with Crippen LogP contribution in [0, 0.1) is 0 Å². The fourth-order valence-corrected chi connectivity index (χ4v) is 3.65. The van der Waals surface area contributed by atoms with Gasteiger partial charge in [0.1, 0.15) is 5.75 Å². The van der Waals surface area contributed by atoms with E-state index in [9.17, 15) is 9.59 Å². The van der Waals surface area contributed by atoms with Crippen LogP contribution in [0.3, 0.4) is 0 Å². The number of amides is 2. The molecular formula is C18H23N5O3S. The van der Waals surface area contributed by atoms with Crippen LogP contribution in [0.2, 0.25) is 0 Å². The van der Waals surface area contributed by atoms with Gasteiger partial charge in [-0.2, -0.15) is 0 Å². The Morgan fingerprint density at radius 2 is 2.00 bits per heavy atom. The Kier molecular flexibility index (Phi) is 6.25. The molecule has 0 spiro atoms. The molecule has 2 amide bonds. The Bertz CT molecular complexity index is 788. The van der Waals surface area contributed by atoms with Gasteiger partial charge in [-0.15, -0.1) is 11.3 Å². The fraction of sp³-hybridized carbons (Fsp3) is 0.389. The van der Waals surface area contributed by atoms with Crippen LogP contribution in [0.4, 0.5) is 16.5 Å². The van der Waals surface area contributed by atoms with Gasteiger partial charge in [0.25, 0.3) is 0 Å². The summed E-state index contributed by atoms with van der Waals surface area (Å²) in [6, 6.07) is 5.14. The van der Waals surface area contributed by atoms with Gasteiger partial charge < -0.3 is 20.3 Å². The Hall–Kier alpha value is -2.65. The maximum absolute atomic E-state index is 12.5. The number of rotatable bonds is 6. The lowest BCUT2D eigenvalue weighted by molar-refractivity contribution is -0.117. The van der Waals surface area contributed by atoms with E-state index in [1.165, 1.54) is 6.92 Å². The van der Waals surface area contributed by atoms with Gasteiger partial charge in [0.2, 0.25) is 11.8 Å². The van der Waals surface area contributed by atoms with E-state index in [4.69, 9.17) is 4.74 Å². The lowest BCUT2D eigenvalue weighted by Gasteiger charge is -2.34. The number of aromatic nitrogens is 1. The van der Waals surface area contributed by atoms with E-state index in [0.717, 1.165) is 31.3 Å². The van der Waals surface area contributed by atoms with Gasteiger partial charge in [-0.3, -0.25) is 14.5 Å². The summed E-state index contributed by atoms with van der Waals surface area (Å²) < 4.78 is 5.30. The molecule has 27 heavy (non-hydrogen) atoms. The van der Waals surface area contributed by atoms with Crippen LogP contribution in [0.15, 0.2) is 29.8 Å². The van der Waals surface area contributed by atoms with E-state index in [-0.39, 0.29) is 11.8 Å². The summed E-state index contributed by atoms with van der Waals surface area (Å²) >= 11 is 1.63. The van der Waals surface area contributed by atoms with Gasteiger partial charge in [0.05, 0.1) is 19.3 Å². The van der Waals surface area contributed by atoms with Gasteiger partial charge in [-0.1, -0.05) is 0 Å². The minimum absolute atomic E-state index is 0.115. The molecule has 2 heterocycles. The molecule has 1 aromatic carbocycles. The molecule has 0 bridgehead atoms. The number of carbonyl (C=O) groups is 2. The molecule has 8 nitrogen and oxygen atoms in total. The molecule has 9 heteroatoms. The number of nitrogens with one attached hydrogen (secondary N) is 2. The van der Waals surface area contributed by atoms with Crippen molar-refractivity contribution in [2.75, 3.05) is 55.4 Å². The smallest absolute Gasteiger partial charge is 0.238 e. The SMILES string of the molecule is COc1ccc(NC(C)=O)cc1NC(=O)CN1CCN(c2nccs2)CC1. The van der Waals surface area contributed by atoms with Crippen molar-refractivity contribution in [3.63, 3.8) is 0 Å². The van der Waals surface area contributed by atoms with Crippen molar-refractivity contribution >= 4 is 39.7 Å². The Balaban J connectivity index is 1.55. The average molecular weight is 389 g/mol. The lowest BCUT2D eigenvalue weighted by Crippen LogP contribution is -2.48.